The molecule has 0 spiro atoms. The molecule has 18 heavy (non-hydrogen) atoms. The number of carbonyl (C=O) groups is 1. The van der Waals surface area contributed by atoms with Gasteiger partial charge < -0.3 is 4.84 Å². The summed E-state index contributed by atoms with van der Waals surface area (Å²) in [5, 5.41) is 6.45. The van der Waals surface area contributed by atoms with Gasteiger partial charge in [0, 0.05) is 12.5 Å². The van der Waals surface area contributed by atoms with Crippen LogP contribution in [0.25, 0.3) is 10.8 Å². The van der Waals surface area contributed by atoms with Gasteiger partial charge in [0.2, 0.25) is 0 Å². The fourth-order valence-electron chi connectivity index (χ4n) is 2.47. The maximum atomic E-state index is 10.8. The molecule has 0 saturated heterocycles. The molecule has 0 atom stereocenters. The Bertz CT molecular complexity index is 659. The molecule has 0 fully saturated rings. The van der Waals surface area contributed by atoms with Gasteiger partial charge in [-0.3, -0.25) is 0 Å². The van der Waals surface area contributed by atoms with Crippen molar-refractivity contribution in [1.29, 1.82) is 0 Å². The summed E-state index contributed by atoms with van der Waals surface area (Å²) in [4.78, 5) is 15.5. The largest absolute Gasteiger partial charge is 0.331 e. The molecule has 0 aliphatic heterocycles. The molecule has 3 heteroatoms. The first-order valence-electron chi connectivity index (χ1n) is 6.01. The molecule has 0 bridgehead atoms. The summed E-state index contributed by atoms with van der Waals surface area (Å²) in [6.07, 6.45) is 1.79. The molecule has 0 heterocycles. The van der Waals surface area contributed by atoms with E-state index in [9.17, 15) is 4.79 Å². The molecule has 0 amide bonds. The average Bonchev–Trinajstić information content (AvgIpc) is 2.80. The van der Waals surface area contributed by atoms with Crippen LogP contribution in [0.5, 0.6) is 0 Å². The normalized spacial score (nSPS) is 15.9. The number of aryl methyl sites for hydroxylation is 1. The topological polar surface area (TPSA) is 38.7 Å². The van der Waals surface area contributed by atoms with Gasteiger partial charge in [-0.1, -0.05) is 41.6 Å². The number of oxime groups is 1. The predicted octanol–water partition coefficient (Wildman–Crippen LogP) is 3.05. The predicted molar refractivity (Wildman–Crippen MR) is 70.6 cm³/mol. The zero-order valence-corrected chi connectivity index (χ0v) is 10.1. The highest BCUT2D eigenvalue weighted by atomic mass is 16.7. The van der Waals surface area contributed by atoms with Crippen molar-refractivity contribution in [3.05, 3.63) is 47.5 Å². The third-order valence-corrected chi connectivity index (χ3v) is 3.25. The van der Waals surface area contributed by atoms with E-state index in [2.05, 4.69) is 29.4 Å². The van der Waals surface area contributed by atoms with Crippen molar-refractivity contribution in [3.63, 3.8) is 0 Å². The van der Waals surface area contributed by atoms with E-state index in [4.69, 9.17) is 4.84 Å². The van der Waals surface area contributed by atoms with Crippen LogP contribution in [-0.4, -0.2) is 11.7 Å². The minimum absolute atomic E-state index is 0.378. The van der Waals surface area contributed by atoms with Gasteiger partial charge in [-0.15, -0.1) is 0 Å². The Morgan fingerprint density at radius 1 is 1.17 bits per heavy atom. The van der Waals surface area contributed by atoms with Crippen molar-refractivity contribution >= 4 is 22.5 Å². The Hall–Kier alpha value is -2.16. The van der Waals surface area contributed by atoms with E-state index in [0.717, 1.165) is 24.1 Å². The highest BCUT2D eigenvalue weighted by Crippen LogP contribution is 2.30. The monoisotopic (exact) mass is 239 g/mol. The molecule has 0 radical (unpaired) electrons. The third-order valence-electron chi connectivity index (χ3n) is 3.25. The summed E-state index contributed by atoms with van der Waals surface area (Å²) in [7, 11) is 0. The van der Waals surface area contributed by atoms with Crippen LogP contribution >= 0.6 is 0 Å². The lowest BCUT2D eigenvalue weighted by atomic mass is 10.0. The lowest BCUT2D eigenvalue weighted by molar-refractivity contribution is -0.140. The molecule has 2 aromatic carbocycles. The first-order valence-corrected chi connectivity index (χ1v) is 6.01. The Labute approximate surface area is 105 Å². The van der Waals surface area contributed by atoms with E-state index in [1.54, 1.807) is 0 Å². The van der Waals surface area contributed by atoms with Gasteiger partial charge in [0.05, 0.1) is 5.71 Å². The van der Waals surface area contributed by atoms with Gasteiger partial charge in [-0.2, -0.15) is 0 Å². The van der Waals surface area contributed by atoms with Crippen molar-refractivity contribution in [2.45, 2.75) is 19.8 Å². The molecule has 0 unspecified atom stereocenters. The van der Waals surface area contributed by atoms with Crippen LogP contribution in [0, 0.1) is 0 Å². The molecule has 0 N–H and O–H groups in total. The van der Waals surface area contributed by atoms with Crippen LogP contribution in [0.4, 0.5) is 0 Å². The van der Waals surface area contributed by atoms with Crippen molar-refractivity contribution in [2.24, 2.45) is 5.16 Å². The second kappa shape index (κ2) is 4.26. The Morgan fingerprint density at radius 2 is 2.00 bits per heavy atom. The van der Waals surface area contributed by atoms with E-state index >= 15 is 0 Å². The number of fused-ring (bicyclic) bond motifs is 3. The molecular formula is C15H13NO2. The van der Waals surface area contributed by atoms with E-state index in [0.29, 0.717) is 0 Å². The summed E-state index contributed by atoms with van der Waals surface area (Å²) in [5.74, 6) is -0.378. The molecule has 1 aliphatic carbocycles. The fraction of sp³-hybridized carbons (Fsp3) is 0.200. The molecule has 0 saturated carbocycles. The zero-order valence-electron chi connectivity index (χ0n) is 10.1. The third kappa shape index (κ3) is 1.78. The molecule has 1 aliphatic rings. The van der Waals surface area contributed by atoms with Crippen LogP contribution in [0.3, 0.4) is 0 Å². The van der Waals surface area contributed by atoms with E-state index in [1.165, 1.54) is 23.3 Å². The second-order valence-corrected chi connectivity index (χ2v) is 4.43. The molecule has 3 rings (SSSR count). The zero-order chi connectivity index (χ0) is 12.5. The highest BCUT2D eigenvalue weighted by molar-refractivity contribution is 6.08. The minimum atomic E-state index is -0.378. The van der Waals surface area contributed by atoms with Gasteiger partial charge in [-0.05, 0) is 29.2 Å². The van der Waals surface area contributed by atoms with Crippen LogP contribution < -0.4 is 0 Å². The Balaban J connectivity index is 2.10. The second-order valence-electron chi connectivity index (χ2n) is 4.43. The standard InChI is InChI=1S/C15H13NO2/c1-10(17)18-16-15-9-8-13-12-5-3-2-4-11(12)6-7-14(13)15/h2-7H,8-9H2,1H3/b16-15+. The lowest BCUT2D eigenvalue weighted by Gasteiger charge is -2.04. The Morgan fingerprint density at radius 3 is 2.83 bits per heavy atom. The summed E-state index contributed by atoms with van der Waals surface area (Å²) in [6, 6.07) is 12.5. The smallest absolute Gasteiger partial charge is 0.318 e. The molecule has 3 nitrogen and oxygen atoms in total. The molecule has 90 valence electrons. The van der Waals surface area contributed by atoms with Crippen LogP contribution in [0.2, 0.25) is 0 Å². The van der Waals surface area contributed by atoms with E-state index < -0.39 is 0 Å². The number of rotatable bonds is 1. The van der Waals surface area contributed by atoms with Crippen LogP contribution in [0.15, 0.2) is 41.6 Å². The number of nitrogens with zero attached hydrogens (tertiary/aromatic N) is 1. The SMILES string of the molecule is CC(=O)O/N=C1\CCc2c1ccc1ccccc21. The van der Waals surface area contributed by atoms with Gasteiger partial charge in [0.25, 0.3) is 0 Å². The maximum absolute atomic E-state index is 10.8. The van der Waals surface area contributed by atoms with Gasteiger partial charge in [0.15, 0.2) is 0 Å². The van der Waals surface area contributed by atoms with E-state index in [1.807, 2.05) is 12.1 Å². The average molecular weight is 239 g/mol. The van der Waals surface area contributed by atoms with Crippen molar-refractivity contribution in [1.82, 2.24) is 0 Å². The van der Waals surface area contributed by atoms with Crippen LogP contribution in [0.1, 0.15) is 24.5 Å². The molecule has 0 aromatic heterocycles. The summed E-state index contributed by atoms with van der Waals surface area (Å²) < 4.78 is 0. The van der Waals surface area contributed by atoms with Gasteiger partial charge >= 0.3 is 5.97 Å². The molecule has 2 aromatic rings. The van der Waals surface area contributed by atoms with Crippen molar-refractivity contribution in [3.8, 4) is 0 Å². The van der Waals surface area contributed by atoms with E-state index in [-0.39, 0.29) is 5.97 Å². The first kappa shape index (κ1) is 11.0. The first-order chi connectivity index (χ1) is 8.75. The Kier molecular flexibility index (Phi) is 2.59. The summed E-state index contributed by atoms with van der Waals surface area (Å²) in [5.41, 5.74) is 3.28. The highest BCUT2D eigenvalue weighted by Gasteiger charge is 2.20. The van der Waals surface area contributed by atoms with Crippen LogP contribution in [-0.2, 0) is 16.1 Å². The summed E-state index contributed by atoms with van der Waals surface area (Å²) >= 11 is 0. The van der Waals surface area contributed by atoms with Gasteiger partial charge in [-0.25, -0.2) is 4.79 Å². The van der Waals surface area contributed by atoms with Crippen molar-refractivity contribution in [2.75, 3.05) is 0 Å². The number of hydrogen-bond acceptors (Lipinski definition) is 3. The lowest BCUT2D eigenvalue weighted by Crippen LogP contribution is -1.99. The number of hydrogen-bond donors (Lipinski definition) is 0. The molecular weight excluding hydrogens is 226 g/mol. The van der Waals surface area contributed by atoms with Gasteiger partial charge in [0.1, 0.15) is 0 Å². The minimum Gasteiger partial charge on any atom is -0.318 e. The number of benzene rings is 2. The maximum Gasteiger partial charge on any atom is 0.331 e. The number of carbonyl (C=O) groups excluding carboxylic acids is 1. The quantitative estimate of drug-likeness (QED) is 0.566. The van der Waals surface area contributed by atoms with Crippen molar-refractivity contribution < 1.29 is 9.63 Å². The summed E-state index contributed by atoms with van der Waals surface area (Å²) in [6.45, 7) is 1.36. The fourth-order valence-corrected chi connectivity index (χ4v) is 2.47.